The zero-order chi connectivity index (χ0) is 12.3. The van der Waals surface area contributed by atoms with Crippen LogP contribution in [0, 0.1) is 0 Å². The van der Waals surface area contributed by atoms with Crippen molar-refractivity contribution in [2.75, 3.05) is 27.3 Å². The smallest absolute Gasteiger partial charge is 0.317 e. The Morgan fingerprint density at radius 3 is 2.71 bits per heavy atom. The molecule has 4 nitrogen and oxygen atoms in total. The molecule has 1 fully saturated rings. The highest BCUT2D eigenvalue weighted by molar-refractivity contribution is 5.85. The molecule has 1 saturated heterocycles. The van der Waals surface area contributed by atoms with Crippen molar-refractivity contribution in [2.24, 2.45) is 0 Å². The molecule has 0 aromatic heterocycles. The Kier molecular flexibility index (Phi) is 3.33. The van der Waals surface area contributed by atoms with E-state index < -0.39 is 5.41 Å². The van der Waals surface area contributed by atoms with Crippen LogP contribution < -0.4 is 10.1 Å². The van der Waals surface area contributed by atoms with E-state index in [2.05, 4.69) is 5.32 Å². The average Bonchev–Trinajstić information content (AvgIpc) is 2.88. The molecule has 0 bridgehead atoms. The number of rotatable bonds is 3. The topological polar surface area (TPSA) is 47.6 Å². The molecular formula is C13H17NO3. The van der Waals surface area contributed by atoms with Crippen molar-refractivity contribution in [3.63, 3.8) is 0 Å². The van der Waals surface area contributed by atoms with Gasteiger partial charge in [0.15, 0.2) is 0 Å². The standard InChI is InChI=1S/C13H17NO3/c1-16-11-6-4-3-5-10(11)13(12(15)17-2)7-8-14-9-13/h3-6,14H,7-9H2,1-2H3. The molecule has 1 aliphatic rings. The molecule has 0 amide bonds. The quantitative estimate of drug-likeness (QED) is 0.797. The summed E-state index contributed by atoms with van der Waals surface area (Å²) in [6.45, 7) is 1.41. The summed E-state index contributed by atoms with van der Waals surface area (Å²) in [7, 11) is 3.05. The van der Waals surface area contributed by atoms with E-state index in [-0.39, 0.29) is 5.97 Å². The van der Waals surface area contributed by atoms with Crippen molar-refractivity contribution in [1.82, 2.24) is 5.32 Å². The van der Waals surface area contributed by atoms with Gasteiger partial charge in [0, 0.05) is 12.1 Å². The van der Waals surface area contributed by atoms with Gasteiger partial charge < -0.3 is 14.8 Å². The number of carbonyl (C=O) groups is 1. The molecule has 4 heteroatoms. The summed E-state index contributed by atoms with van der Waals surface area (Å²) in [5, 5.41) is 3.22. The SMILES string of the molecule is COC(=O)C1(c2ccccc2OC)CCNC1. The first-order valence-corrected chi connectivity index (χ1v) is 5.67. The zero-order valence-corrected chi connectivity index (χ0v) is 10.2. The Morgan fingerprint density at radius 1 is 1.35 bits per heavy atom. The maximum absolute atomic E-state index is 12.1. The van der Waals surface area contributed by atoms with E-state index in [0.717, 1.165) is 24.3 Å². The first kappa shape index (κ1) is 11.9. The number of benzene rings is 1. The molecule has 92 valence electrons. The van der Waals surface area contributed by atoms with Crippen LogP contribution in [0.3, 0.4) is 0 Å². The highest BCUT2D eigenvalue weighted by Crippen LogP contribution is 2.37. The summed E-state index contributed by atoms with van der Waals surface area (Å²) in [5.41, 5.74) is 0.292. The second kappa shape index (κ2) is 4.75. The molecule has 0 saturated carbocycles. The molecule has 2 rings (SSSR count). The van der Waals surface area contributed by atoms with E-state index in [1.54, 1.807) is 7.11 Å². The largest absolute Gasteiger partial charge is 0.496 e. The molecule has 1 heterocycles. The third kappa shape index (κ3) is 1.89. The Hall–Kier alpha value is -1.55. The highest BCUT2D eigenvalue weighted by Gasteiger charge is 2.45. The van der Waals surface area contributed by atoms with Crippen LogP contribution in [-0.2, 0) is 14.9 Å². The summed E-state index contributed by atoms with van der Waals surface area (Å²) >= 11 is 0. The molecule has 17 heavy (non-hydrogen) atoms. The molecule has 1 unspecified atom stereocenters. The fourth-order valence-corrected chi connectivity index (χ4v) is 2.44. The minimum absolute atomic E-state index is 0.202. The Morgan fingerprint density at radius 2 is 2.12 bits per heavy atom. The van der Waals surface area contributed by atoms with E-state index in [0.29, 0.717) is 6.54 Å². The van der Waals surface area contributed by atoms with Gasteiger partial charge in [-0.15, -0.1) is 0 Å². The van der Waals surface area contributed by atoms with E-state index in [1.807, 2.05) is 24.3 Å². The number of esters is 1. The number of carbonyl (C=O) groups excluding carboxylic acids is 1. The zero-order valence-electron chi connectivity index (χ0n) is 10.2. The Labute approximate surface area is 101 Å². The third-order valence-corrected chi connectivity index (χ3v) is 3.35. The molecule has 1 N–H and O–H groups in total. The number of nitrogens with one attached hydrogen (secondary N) is 1. The lowest BCUT2D eigenvalue weighted by atomic mass is 9.79. The van der Waals surface area contributed by atoms with Gasteiger partial charge in [-0.2, -0.15) is 0 Å². The van der Waals surface area contributed by atoms with Gasteiger partial charge in [0.25, 0.3) is 0 Å². The van der Waals surface area contributed by atoms with Gasteiger partial charge in [-0.25, -0.2) is 0 Å². The Balaban J connectivity index is 2.49. The lowest BCUT2D eigenvalue weighted by Gasteiger charge is -2.27. The predicted molar refractivity (Wildman–Crippen MR) is 64.2 cm³/mol. The van der Waals surface area contributed by atoms with Gasteiger partial charge in [-0.1, -0.05) is 18.2 Å². The van der Waals surface area contributed by atoms with E-state index >= 15 is 0 Å². The summed E-state index contributed by atoms with van der Waals surface area (Å²) < 4.78 is 10.3. The fraction of sp³-hybridized carbons (Fsp3) is 0.462. The van der Waals surface area contributed by atoms with E-state index in [9.17, 15) is 4.79 Å². The van der Waals surface area contributed by atoms with Crippen LogP contribution >= 0.6 is 0 Å². The minimum atomic E-state index is -0.610. The summed E-state index contributed by atoms with van der Waals surface area (Å²) in [6, 6.07) is 7.62. The second-order valence-electron chi connectivity index (χ2n) is 4.20. The summed E-state index contributed by atoms with van der Waals surface area (Å²) in [6.07, 6.45) is 0.736. The van der Waals surface area contributed by atoms with Gasteiger partial charge >= 0.3 is 5.97 Å². The summed E-state index contributed by atoms with van der Waals surface area (Å²) in [5.74, 6) is 0.536. The van der Waals surface area contributed by atoms with Crippen molar-refractivity contribution in [2.45, 2.75) is 11.8 Å². The fourth-order valence-electron chi connectivity index (χ4n) is 2.44. The minimum Gasteiger partial charge on any atom is -0.496 e. The maximum Gasteiger partial charge on any atom is 0.317 e. The first-order valence-electron chi connectivity index (χ1n) is 5.67. The third-order valence-electron chi connectivity index (χ3n) is 3.35. The predicted octanol–water partition coefficient (Wildman–Crippen LogP) is 1.10. The van der Waals surface area contributed by atoms with Crippen molar-refractivity contribution in [1.29, 1.82) is 0 Å². The molecule has 1 atom stereocenters. The normalized spacial score (nSPS) is 23.4. The van der Waals surface area contributed by atoms with Crippen molar-refractivity contribution >= 4 is 5.97 Å². The number of methoxy groups -OCH3 is 2. The number of ether oxygens (including phenoxy) is 2. The van der Waals surface area contributed by atoms with Crippen molar-refractivity contribution in [3.8, 4) is 5.75 Å². The molecule has 1 aromatic carbocycles. The molecule has 1 aromatic rings. The maximum atomic E-state index is 12.1. The molecule has 0 spiro atoms. The highest BCUT2D eigenvalue weighted by atomic mass is 16.5. The van der Waals surface area contributed by atoms with Crippen LogP contribution in [0.15, 0.2) is 24.3 Å². The lowest BCUT2D eigenvalue weighted by Crippen LogP contribution is -2.39. The van der Waals surface area contributed by atoms with Gasteiger partial charge in [0.2, 0.25) is 0 Å². The van der Waals surface area contributed by atoms with E-state index in [1.165, 1.54) is 7.11 Å². The van der Waals surface area contributed by atoms with Crippen LogP contribution in [0.5, 0.6) is 5.75 Å². The Bertz CT molecular complexity index is 411. The van der Waals surface area contributed by atoms with Crippen LogP contribution in [0.1, 0.15) is 12.0 Å². The monoisotopic (exact) mass is 235 g/mol. The lowest BCUT2D eigenvalue weighted by molar-refractivity contribution is -0.146. The number of para-hydroxylation sites is 1. The molecular weight excluding hydrogens is 218 g/mol. The number of hydrogen-bond donors (Lipinski definition) is 1. The second-order valence-corrected chi connectivity index (χ2v) is 4.20. The molecule has 0 radical (unpaired) electrons. The van der Waals surface area contributed by atoms with Crippen molar-refractivity contribution in [3.05, 3.63) is 29.8 Å². The molecule has 0 aliphatic carbocycles. The van der Waals surface area contributed by atoms with Gasteiger partial charge in [0.1, 0.15) is 11.2 Å². The van der Waals surface area contributed by atoms with Crippen LogP contribution in [0.2, 0.25) is 0 Å². The molecule has 1 aliphatic heterocycles. The van der Waals surface area contributed by atoms with Crippen molar-refractivity contribution < 1.29 is 14.3 Å². The first-order chi connectivity index (χ1) is 8.24. The number of hydrogen-bond acceptors (Lipinski definition) is 4. The van der Waals surface area contributed by atoms with Crippen LogP contribution in [-0.4, -0.2) is 33.3 Å². The van der Waals surface area contributed by atoms with Gasteiger partial charge in [-0.3, -0.25) is 4.79 Å². The van der Waals surface area contributed by atoms with Crippen LogP contribution in [0.4, 0.5) is 0 Å². The van der Waals surface area contributed by atoms with Gasteiger partial charge in [0.05, 0.1) is 14.2 Å². The average molecular weight is 235 g/mol. The summed E-state index contributed by atoms with van der Waals surface area (Å²) in [4.78, 5) is 12.1. The van der Waals surface area contributed by atoms with Gasteiger partial charge in [-0.05, 0) is 19.0 Å². The van der Waals surface area contributed by atoms with Crippen LogP contribution in [0.25, 0.3) is 0 Å². The van der Waals surface area contributed by atoms with E-state index in [4.69, 9.17) is 9.47 Å².